The number of allylic oxidation sites excluding steroid dienone is 5. The second-order valence-electron chi connectivity index (χ2n) is 4.80. The predicted octanol–water partition coefficient (Wildman–Crippen LogP) is 1.65. The molecule has 0 spiro atoms. The van der Waals surface area contributed by atoms with Crippen LogP contribution in [-0.2, 0) is 9.59 Å². The van der Waals surface area contributed by atoms with E-state index in [0.29, 0.717) is 12.1 Å². The highest BCUT2D eigenvalue weighted by molar-refractivity contribution is 6.11. The summed E-state index contributed by atoms with van der Waals surface area (Å²) in [6.07, 6.45) is 8.15. The first-order valence-electron chi connectivity index (χ1n) is 6.17. The van der Waals surface area contributed by atoms with Gasteiger partial charge in [0.15, 0.2) is 5.78 Å². The molecule has 0 aromatic heterocycles. The molecular formula is C14H14N2O2. The summed E-state index contributed by atoms with van der Waals surface area (Å²) in [5.74, 6) is 0.148. The van der Waals surface area contributed by atoms with E-state index in [-0.39, 0.29) is 17.6 Å². The third-order valence-corrected chi connectivity index (χ3v) is 3.45. The maximum atomic E-state index is 11.8. The Kier molecular flexibility index (Phi) is 2.51. The van der Waals surface area contributed by atoms with Crippen LogP contribution in [0.2, 0.25) is 0 Å². The van der Waals surface area contributed by atoms with Crippen molar-refractivity contribution in [2.24, 2.45) is 10.9 Å². The lowest BCUT2D eigenvalue weighted by molar-refractivity contribution is -0.118. The highest BCUT2D eigenvalue weighted by Gasteiger charge is 2.33. The number of fused-ring (bicyclic) bond motifs is 2. The minimum absolute atomic E-state index is 0.0797. The fourth-order valence-electron chi connectivity index (χ4n) is 2.69. The molecule has 1 aliphatic heterocycles. The first-order chi connectivity index (χ1) is 8.65. The van der Waals surface area contributed by atoms with Crippen LogP contribution in [0.5, 0.6) is 0 Å². The lowest BCUT2D eigenvalue weighted by Gasteiger charge is -2.19. The Morgan fingerprint density at radius 1 is 1.39 bits per heavy atom. The van der Waals surface area contributed by atoms with Gasteiger partial charge in [0.25, 0.3) is 0 Å². The van der Waals surface area contributed by atoms with Gasteiger partial charge in [-0.25, -0.2) is 4.99 Å². The second-order valence-corrected chi connectivity index (χ2v) is 4.80. The van der Waals surface area contributed by atoms with Crippen LogP contribution in [-0.4, -0.2) is 17.4 Å². The molecule has 92 valence electrons. The van der Waals surface area contributed by atoms with Crippen molar-refractivity contribution in [1.82, 2.24) is 5.32 Å². The van der Waals surface area contributed by atoms with Crippen molar-refractivity contribution in [3.8, 4) is 0 Å². The quantitative estimate of drug-likeness (QED) is 0.760. The summed E-state index contributed by atoms with van der Waals surface area (Å²) in [6, 6.07) is 0. The molecule has 1 atom stereocenters. The summed E-state index contributed by atoms with van der Waals surface area (Å²) in [6.45, 7) is 1.49. The molecule has 0 unspecified atom stereocenters. The molecule has 1 heterocycles. The zero-order valence-corrected chi connectivity index (χ0v) is 10.2. The van der Waals surface area contributed by atoms with Gasteiger partial charge in [-0.3, -0.25) is 9.59 Å². The van der Waals surface area contributed by atoms with Crippen LogP contribution in [0.4, 0.5) is 0 Å². The van der Waals surface area contributed by atoms with Crippen LogP contribution < -0.4 is 5.32 Å². The van der Waals surface area contributed by atoms with Crippen molar-refractivity contribution in [2.45, 2.75) is 26.2 Å². The van der Waals surface area contributed by atoms with E-state index in [0.717, 1.165) is 29.8 Å². The number of amides is 1. The summed E-state index contributed by atoms with van der Waals surface area (Å²) in [4.78, 5) is 27.3. The summed E-state index contributed by atoms with van der Waals surface area (Å²) in [5, 5.41) is 2.77. The average Bonchev–Trinajstić information content (AvgIpc) is 2.68. The Hall–Kier alpha value is -1.97. The van der Waals surface area contributed by atoms with Gasteiger partial charge >= 0.3 is 0 Å². The largest absolute Gasteiger partial charge is 0.327 e. The van der Waals surface area contributed by atoms with E-state index >= 15 is 0 Å². The van der Waals surface area contributed by atoms with Gasteiger partial charge in [-0.15, -0.1) is 0 Å². The molecule has 1 N–H and O–H groups in total. The molecule has 1 amide bonds. The Morgan fingerprint density at radius 3 is 3.00 bits per heavy atom. The topological polar surface area (TPSA) is 58.5 Å². The summed E-state index contributed by atoms with van der Waals surface area (Å²) in [7, 11) is 0. The first-order valence-corrected chi connectivity index (χ1v) is 6.17. The van der Waals surface area contributed by atoms with Crippen LogP contribution >= 0.6 is 0 Å². The van der Waals surface area contributed by atoms with Crippen molar-refractivity contribution in [2.75, 3.05) is 0 Å². The highest BCUT2D eigenvalue weighted by atomic mass is 16.1. The van der Waals surface area contributed by atoms with E-state index in [4.69, 9.17) is 0 Å². The molecule has 2 aliphatic carbocycles. The van der Waals surface area contributed by atoms with Crippen molar-refractivity contribution in [3.05, 3.63) is 35.2 Å². The third kappa shape index (κ3) is 1.74. The molecule has 18 heavy (non-hydrogen) atoms. The van der Waals surface area contributed by atoms with Gasteiger partial charge < -0.3 is 5.32 Å². The van der Waals surface area contributed by atoms with Gasteiger partial charge in [0.2, 0.25) is 5.91 Å². The number of ketones is 1. The molecule has 4 heteroatoms. The molecule has 0 saturated carbocycles. The fourth-order valence-corrected chi connectivity index (χ4v) is 2.69. The van der Waals surface area contributed by atoms with Crippen molar-refractivity contribution in [1.29, 1.82) is 0 Å². The Morgan fingerprint density at radius 2 is 2.22 bits per heavy atom. The van der Waals surface area contributed by atoms with Gasteiger partial charge in [-0.1, -0.05) is 0 Å². The van der Waals surface area contributed by atoms with Crippen molar-refractivity contribution >= 4 is 17.4 Å². The molecule has 0 saturated heterocycles. The molecule has 0 aromatic carbocycles. The van der Waals surface area contributed by atoms with Gasteiger partial charge in [-0.2, -0.15) is 0 Å². The zero-order valence-electron chi connectivity index (χ0n) is 10.2. The minimum Gasteiger partial charge on any atom is -0.327 e. The van der Waals surface area contributed by atoms with E-state index in [9.17, 15) is 9.59 Å². The fraction of sp³-hybridized carbons (Fsp3) is 0.357. The Labute approximate surface area is 105 Å². The van der Waals surface area contributed by atoms with Crippen molar-refractivity contribution < 1.29 is 9.59 Å². The van der Waals surface area contributed by atoms with Crippen LogP contribution in [0.15, 0.2) is 40.2 Å². The first kappa shape index (κ1) is 11.1. The smallest absolute Gasteiger partial charge is 0.221 e. The van der Waals surface area contributed by atoms with E-state index in [1.54, 1.807) is 0 Å². The highest BCUT2D eigenvalue weighted by Crippen LogP contribution is 2.37. The molecule has 0 aromatic rings. The van der Waals surface area contributed by atoms with Crippen LogP contribution in [0.3, 0.4) is 0 Å². The number of Topliss-reactive ketones (excluding diaryl/α,β-unsaturated/α-hetero) is 1. The summed E-state index contributed by atoms with van der Waals surface area (Å²) >= 11 is 0. The molecule has 4 nitrogen and oxygen atoms in total. The van der Waals surface area contributed by atoms with E-state index in [1.807, 2.05) is 18.2 Å². The number of hydrogen-bond acceptors (Lipinski definition) is 3. The standard InChI is InChI=1S/C14H14N2O2/c1-8(17)15-9-5-6-12-11(7-9)10-3-2-4-13(18)14(10)16-12/h5-7,11H,2-4H2,1H3,(H,15,17)/t11-/m1/s1. The molecule has 0 fully saturated rings. The van der Waals surface area contributed by atoms with Crippen LogP contribution in [0, 0.1) is 5.92 Å². The number of nitrogens with one attached hydrogen (secondary N) is 1. The summed E-state index contributed by atoms with van der Waals surface area (Å²) in [5.41, 5.74) is 3.49. The number of aliphatic imine (C=N–C) groups is 1. The number of hydrogen-bond donors (Lipinski definition) is 1. The molecule has 0 radical (unpaired) electrons. The summed E-state index contributed by atoms with van der Waals surface area (Å²) < 4.78 is 0. The zero-order chi connectivity index (χ0) is 12.7. The SMILES string of the molecule is CC(=O)NC1=C[C@H]2C(=NC3=C2CCCC3=O)C=C1. The van der Waals surface area contributed by atoms with Gasteiger partial charge in [0.1, 0.15) is 5.70 Å². The van der Waals surface area contributed by atoms with E-state index in [1.165, 1.54) is 6.92 Å². The molecule has 3 aliphatic rings. The van der Waals surface area contributed by atoms with Crippen LogP contribution in [0.25, 0.3) is 0 Å². The lowest BCUT2D eigenvalue weighted by Crippen LogP contribution is -2.23. The Bertz CT molecular complexity index is 564. The minimum atomic E-state index is -0.0850. The number of carbonyl (C=O) groups excluding carboxylic acids is 2. The maximum Gasteiger partial charge on any atom is 0.221 e. The van der Waals surface area contributed by atoms with Gasteiger partial charge in [0, 0.05) is 25.0 Å². The number of rotatable bonds is 1. The normalized spacial score (nSPS) is 25.4. The van der Waals surface area contributed by atoms with Crippen LogP contribution in [0.1, 0.15) is 26.2 Å². The third-order valence-electron chi connectivity index (χ3n) is 3.45. The molecule has 3 rings (SSSR count). The van der Waals surface area contributed by atoms with E-state index < -0.39 is 0 Å². The predicted molar refractivity (Wildman–Crippen MR) is 67.8 cm³/mol. The number of carbonyl (C=O) groups is 2. The number of nitrogens with zero attached hydrogens (tertiary/aromatic N) is 1. The van der Waals surface area contributed by atoms with Gasteiger partial charge in [0.05, 0.1) is 5.71 Å². The molecule has 0 bridgehead atoms. The second kappa shape index (κ2) is 4.05. The maximum absolute atomic E-state index is 11.8. The molecular weight excluding hydrogens is 228 g/mol. The monoisotopic (exact) mass is 242 g/mol. The van der Waals surface area contributed by atoms with Crippen molar-refractivity contribution in [3.63, 3.8) is 0 Å². The lowest BCUT2D eigenvalue weighted by atomic mass is 9.84. The average molecular weight is 242 g/mol. The Balaban J connectivity index is 1.94. The van der Waals surface area contributed by atoms with E-state index in [2.05, 4.69) is 10.3 Å². The van der Waals surface area contributed by atoms with Gasteiger partial charge in [-0.05, 0) is 36.6 Å².